The lowest BCUT2D eigenvalue weighted by atomic mass is 9.89. The van der Waals surface area contributed by atoms with Gasteiger partial charge in [0.1, 0.15) is 5.76 Å². The molecule has 0 aromatic carbocycles. The molecule has 0 aliphatic rings. The van der Waals surface area contributed by atoms with E-state index in [9.17, 15) is 14.4 Å². The minimum Gasteiger partial charge on any atom is -0.481 e. The first-order valence-corrected chi connectivity index (χ1v) is 6.57. The summed E-state index contributed by atoms with van der Waals surface area (Å²) in [5.74, 6) is -1.00. The van der Waals surface area contributed by atoms with E-state index in [4.69, 9.17) is 9.52 Å². The van der Waals surface area contributed by atoms with E-state index in [2.05, 4.69) is 10.6 Å². The summed E-state index contributed by atoms with van der Waals surface area (Å²) >= 11 is 0. The lowest BCUT2D eigenvalue weighted by Crippen LogP contribution is -2.45. The summed E-state index contributed by atoms with van der Waals surface area (Å²) < 4.78 is 5.16. The predicted molar refractivity (Wildman–Crippen MR) is 74.6 cm³/mol. The molecule has 0 aliphatic heterocycles. The Morgan fingerprint density at radius 2 is 2.05 bits per heavy atom. The van der Waals surface area contributed by atoms with Gasteiger partial charge in [0.2, 0.25) is 5.91 Å². The van der Waals surface area contributed by atoms with Gasteiger partial charge in [-0.15, -0.1) is 0 Å². The number of aliphatic carboxylic acids is 1. The number of carboxylic acids is 1. The van der Waals surface area contributed by atoms with Crippen LogP contribution < -0.4 is 10.6 Å². The van der Waals surface area contributed by atoms with Crippen molar-refractivity contribution in [2.24, 2.45) is 5.41 Å². The van der Waals surface area contributed by atoms with Gasteiger partial charge >= 0.3 is 12.0 Å². The van der Waals surface area contributed by atoms with Gasteiger partial charge in [-0.3, -0.25) is 14.9 Å². The molecule has 0 fully saturated rings. The van der Waals surface area contributed by atoms with E-state index in [-0.39, 0.29) is 12.5 Å². The molecule has 1 rings (SSSR count). The Balaban J connectivity index is 2.39. The highest BCUT2D eigenvalue weighted by Crippen LogP contribution is 2.19. The van der Waals surface area contributed by atoms with Crippen molar-refractivity contribution in [1.29, 1.82) is 0 Å². The van der Waals surface area contributed by atoms with Gasteiger partial charge in [0, 0.05) is 18.9 Å². The smallest absolute Gasteiger partial charge is 0.321 e. The zero-order chi connectivity index (χ0) is 16.0. The van der Waals surface area contributed by atoms with Crippen molar-refractivity contribution >= 4 is 17.9 Å². The summed E-state index contributed by atoms with van der Waals surface area (Å²) in [5.41, 5.74) is -1.22. The van der Waals surface area contributed by atoms with E-state index in [1.807, 2.05) is 0 Å². The second kappa shape index (κ2) is 6.92. The van der Waals surface area contributed by atoms with Crippen molar-refractivity contribution in [2.45, 2.75) is 39.7 Å². The van der Waals surface area contributed by atoms with Gasteiger partial charge in [-0.2, -0.15) is 0 Å². The van der Waals surface area contributed by atoms with E-state index in [0.29, 0.717) is 6.42 Å². The molecule has 1 heterocycles. The van der Waals surface area contributed by atoms with Crippen LogP contribution in [0.15, 0.2) is 22.8 Å². The second-order valence-corrected chi connectivity index (χ2v) is 5.57. The summed E-state index contributed by atoms with van der Waals surface area (Å²) in [6, 6.07) is 2.66. The summed E-state index contributed by atoms with van der Waals surface area (Å²) in [7, 11) is 0. The molecule has 7 heteroatoms. The molecule has 1 aromatic heterocycles. The molecular weight excluding hydrogens is 276 g/mol. The first kappa shape index (κ1) is 16.7. The topological polar surface area (TPSA) is 109 Å². The Hall–Kier alpha value is -2.31. The van der Waals surface area contributed by atoms with Gasteiger partial charge in [0.25, 0.3) is 0 Å². The molecule has 0 radical (unpaired) electrons. The molecule has 1 aromatic rings. The highest BCUT2D eigenvalue weighted by molar-refractivity contribution is 5.96. The van der Waals surface area contributed by atoms with Gasteiger partial charge < -0.3 is 14.8 Å². The van der Waals surface area contributed by atoms with Gasteiger partial charge in [-0.05, 0) is 32.9 Å². The van der Waals surface area contributed by atoms with E-state index in [1.165, 1.54) is 13.8 Å². The molecule has 7 nitrogen and oxygen atoms in total. The molecule has 116 valence electrons. The van der Waals surface area contributed by atoms with Crippen LogP contribution in [0, 0.1) is 5.41 Å². The SMILES string of the molecule is CC(Cc1ccco1)NC(=O)NC(=O)CC(C)(C)C(=O)O. The number of nitrogens with one attached hydrogen (secondary N) is 2. The molecular formula is C14H20N2O5. The normalized spacial score (nSPS) is 12.5. The largest absolute Gasteiger partial charge is 0.481 e. The molecule has 3 N–H and O–H groups in total. The van der Waals surface area contributed by atoms with Crippen LogP contribution in [0.4, 0.5) is 4.79 Å². The predicted octanol–water partition coefficient (Wildman–Crippen LogP) is 1.54. The van der Waals surface area contributed by atoms with Crippen LogP contribution in [0.25, 0.3) is 0 Å². The number of carbonyl (C=O) groups is 3. The quantitative estimate of drug-likeness (QED) is 0.737. The monoisotopic (exact) mass is 296 g/mol. The van der Waals surface area contributed by atoms with Gasteiger partial charge in [-0.1, -0.05) is 0 Å². The van der Waals surface area contributed by atoms with Crippen molar-refractivity contribution in [2.75, 3.05) is 0 Å². The molecule has 0 saturated carbocycles. The third-order valence-corrected chi connectivity index (χ3v) is 2.90. The molecule has 0 spiro atoms. The Morgan fingerprint density at radius 3 is 2.57 bits per heavy atom. The second-order valence-electron chi connectivity index (χ2n) is 5.57. The first-order chi connectivity index (χ1) is 9.70. The number of rotatable bonds is 6. The fraction of sp³-hybridized carbons (Fsp3) is 0.500. The highest BCUT2D eigenvalue weighted by Gasteiger charge is 2.30. The van der Waals surface area contributed by atoms with Crippen LogP contribution in [-0.4, -0.2) is 29.1 Å². The van der Waals surface area contributed by atoms with Crippen molar-refractivity contribution < 1.29 is 23.9 Å². The maximum atomic E-state index is 11.6. The third kappa shape index (κ3) is 5.68. The van der Waals surface area contributed by atoms with Crippen molar-refractivity contribution in [3.8, 4) is 0 Å². The van der Waals surface area contributed by atoms with E-state index in [1.54, 1.807) is 25.3 Å². The highest BCUT2D eigenvalue weighted by atomic mass is 16.4. The minimum absolute atomic E-state index is 0.226. The van der Waals surface area contributed by atoms with Crippen LogP contribution in [0.1, 0.15) is 33.0 Å². The van der Waals surface area contributed by atoms with E-state index in [0.717, 1.165) is 5.76 Å². The van der Waals surface area contributed by atoms with Crippen LogP contribution in [0.5, 0.6) is 0 Å². The van der Waals surface area contributed by atoms with Crippen molar-refractivity contribution in [3.05, 3.63) is 24.2 Å². The lowest BCUT2D eigenvalue weighted by Gasteiger charge is -2.18. The minimum atomic E-state index is -1.22. The Bertz CT molecular complexity index is 507. The lowest BCUT2D eigenvalue weighted by molar-refractivity contribution is -0.149. The van der Waals surface area contributed by atoms with Crippen molar-refractivity contribution in [1.82, 2.24) is 10.6 Å². The summed E-state index contributed by atoms with van der Waals surface area (Å²) in [4.78, 5) is 34.2. The zero-order valence-corrected chi connectivity index (χ0v) is 12.3. The Kier molecular flexibility index (Phi) is 5.52. The molecule has 3 amide bonds. The van der Waals surface area contributed by atoms with Crippen LogP contribution >= 0.6 is 0 Å². The van der Waals surface area contributed by atoms with Gasteiger partial charge in [0.05, 0.1) is 11.7 Å². The molecule has 0 aliphatic carbocycles. The zero-order valence-electron chi connectivity index (χ0n) is 12.3. The molecule has 21 heavy (non-hydrogen) atoms. The number of urea groups is 1. The number of carbonyl (C=O) groups excluding carboxylic acids is 2. The fourth-order valence-electron chi connectivity index (χ4n) is 1.69. The van der Waals surface area contributed by atoms with Crippen LogP contribution in [0.2, 0.25) is 0 Å². The van der Waals surface area contributed by atoms with Crippen LogP contribution in [-0.2, 0) is 16.0 Å². The third-order valence-electron chi connectivity index (χ3n) is 2.90. The summed E-state index contributed by atoms with van der Waals surface area (Å²) in [5, 5.41) is 13.6. The first-order valence-electron chi connectivity index (χ1n) is 6.57. The summed E-state index contributed by atoms with van der Waals surface area (Å²) in [6.07, 6.45) is 1.76. The molecule has 1 atom stereocenters. The van der Waals surface area contributed by atoms with Crippen molar-refractivity contribution in [3.63, 3.8) is 0 Å². The molecule has 1 unspecified atom stereocenters. The van der Waals surface area contributed by atoms with Gasteiger partial charge in [0.15, 0.2) is 0 Å². The van der Waals surface area contributed by atoms with Crippen LogP contribution in [0.3, 0.4) is 0 Å². The molecule has 0 bridgehead atoms. The Labute approximate surface area is 122 Å². The number of imide groups is 1. The Morgan fingerprint density at radius 1 is 1.38 bits per heavy atom. The standard InChI is InChI=1S/C14H20N2O5/c1-9(7-10-5-4-6-21-10)15-13(20)16-11(17)8-14(2,3)12(18)19/h4-6,9H,7-8H2,1-3H3,(H,18,19)(H2,15,16,17,20). The number of hydrogen-bond donors (Lipinski definition) is 3. The average Bonchev–Trinajstić information content (AvgIpc) is 2.79. The number of furan rings is 1. The van der Waals surface area contributed by atoms with Gasteiger partial charge in [-0.25, -0.2) is 4.79 Å². The fourth-order valence-corrected chi connectivity index (χ4v) is 1.69. The maximum Gasteiger partial charge on any atom is 0.321 e. The molecule has 0 saturated heterocycles. The number of amides is 3. The maximum absolute atomic E-state index is 11.6. The summed E-state index contributed by atoms with van der Waals surface area (Å²) in [6.45, 7) is 4.62. The average molecular weight is 296 g/mol. The number of hydrogen-bond acceptors (Lipinski definition) is 4. The number of carboxylic acid groups (broad SMARTS) is 1. The van der Waals surface area contributed by atoms with E-state index < -0.39 is 23.3 Å². The van der Waals surface area contributed by atoms with E-state index >= 15 is 0 Å².